The summed E-state index contributed by atoms with van der Waals surface area (Å²) >= 11 is 0. The SMILES string of the molecule is Nc1cnc(CN2C(=O)CCC2=O)nc1-c1ccccc1. The second-order valence-electron chi connectivity index (χ2n) is 4.83. The molecule has 1 aromatic heterocycles. The molecular formula is C15H14N4O2. The van der Waals surface area contributed by atoms with Crippen molar-refractivity contribution in [3.8, 4) is 11.3 Å². The fourth-order valence-corrected chi connectivity index (χ4v) is 2.27. The van der Waals surface area contributed by atoms with Gasteiger partial charge in [0.15, 0.2) is 0 Å². The number of hydrogen-bond acceptors (Lipinski definition) is 5. The van der Waals surface area contributed by atoms with Gasteiger partial charge < -0.3 is 5.73 Å². The van der Waals surface area contributed by atoms with Crippen LogP contribution in [0, 0.1) is 0 Å². The largest absolute Gasteiger partial charge is 0.396 e. The number of nitrogens with zero attached hydrogens (tertiary/aromatic N) is 3. The Kier molecular flexibility index (Phi) is 3.35. The number of likely N-dealkylation sites (tertiary alicyclic amines) is 1. The first-order valence-electron chi connectivity index (χ1n) is 6.65. The van der Waals surface area contributed by atoms with Crippen molar-refractivity contribution >= 4 is 17.5 Å². The lowest BCUT2D eigenvalue weighted by molar-refractivity contribution is -0.139. The van der Waals surface area contributed by atoms with E-state index < -0.39 is 0 Å². The molecule has 1 saturated heterocycles. The molecule has 1 aliphatic rings. The molecular weight excluding hydrogens is 268 g/mol. The molecule has 0 saturated carbocycles. The number of hydrogen-bond donors (Lipinski definition) is 1. The molecule has 2 N–H and O–H groups in total. The number of benzene rings is 1. The lowest BCUT2D eigenvalue weighted by Gasteiger charge is -2.13. The normalized spacial score (nSPS) is 14.8. The minimum Gasteiger partial charge on any atom is -0.396 e. The molecule has 2 aromatic rings. The average molecular weight is 282 g/mol. The molecule has 1 aromatic carbocycles. The Labute approximate surface area is 121 Å². The van der Waals surface area contributed by atoms with Crippen LogP contribution in [0.2, 0.25) is 0 Å². The molecule has 0 atom stereocenters. The van der Waals surface area contributed by atoms with E-state index in [1.807, 2.05) is 30.3 Å². The number of rotatable bonds is 3. The van der Waals surface area contributed by atoms with E-state index >= 15 is 0 Å². The van der Waals surface area contributed by atoms with Gasteiger partial charge >= 0.3 is 0 Å². The number of carbonyl (C=O) groups excluding carboxylic acids is 2. The highest BCUT2D eigenvalue weighted by atomic mass is 16.2. The Morgan fingerprint density at radius 1 is 1.10 bits per heavy atom. The summed E-state index contributed by atoms with van der Waals surface area (Å²) in [6.07, 6.45) is 2.04. The van der Waals surface area contributed by atoms with Gasteiger partial charge in [-0.05, 0) is 0 Å². The molecule has 0 spiro atoms. The first-order chi connectivity index (χ1) is 10.1. The quantitative estimate of drug-likeness (QED) is 0.859. The molecule has 0 unspecified atom stereocenters. The first-order valence-corrected chi connectivity index (χ1v) is 6.65. The summed E-state index contributed by atoms with van der Waals surface area (Å²) in [4.78, 5) is 33.0. The number of aromatic nitrogens is 2. The van der Waals surface area contributed by atoms with Crippen molar-refractivity contribution in [2.24, 2.45) is 0 Å². The lowest BCUT2D eigenvalue weighted by Crippen LogP contribution is -2.29. The van der Waals surface area contributed by atoms with Crippen molar-refractivity contribution in [2.45, 2.75) is 19.4 Å². The zero-order chi connectivity index (χ0) is 14.8. The van der Waals surface area contributed by atoms with Gasteiger partial charge in [-0.3, -0.25) is 14.5 Å². The first kappa shape index (κ1) is 13.2. The molecule has 1 fully saturated rings. The van der Waals surface area contributed by atoms with Gasteiger partial charge in [-0.25, -0.2) is 9.97 Å². The van der Waals surface area contributed by atoms with Crippen molar-refractivity contribution < 1.29 is 9.59 Å². The van der Waals surface area contributed by atoms with Crippen LogP contribution in [0.4, 0.5) is 5.69 Å². The summed E-state index contributed by atoms with van der Waals surface area (Å²) < 4.78 is 0. The molecule has 21 heavy (non-hydrogen) atoms. The molecule has 6 heteroatoms. The molecule has 106 valence electrons. The Bertz CT molecular complexity index is 684. The predicted molar refractivity (Wildman–Crippen MR) is 76.7 cm³/mol. The van der Waals surface area contributed by atoms with Crippen molar-refractivity contribution in [3.63, 3.8) is 0 Å². The predicted octanol–water partition coefficient (Wildman–Crippen LogP) is 1.37. The molecule has 2 amide bonds. The summed E-state index contributed by atoms with van der Waals surface area (Å²) in [7, 11) is 0. The van der Waals surface area contributed by atoms with Gasteiger partial charge in [-0.15, -0.1) is 0 Å². The van der Waals surface area contributed by atoms with Crippen LogP contribution in [0.5, 0.6) is 0 Å². The van der Waals surface area contributed by atoms with Crippen molar-refractivity contribution in [2.75, 3.05) is 5.73 Å². The second-order valence-corrected chi connectivity index (χ2v) is 4.83. The van der Waals surface area contributed by atoms with E-state index in [0.29, 0.717) is 17.2 Å². The maximum absolute atomic E-state index is 11.6. The summed E-state index contributed by atoms with van der Waals surface area (Å²) in [5, 5.41) is 0. The maximum Gasteiger partial charge on any atom is 0.230 e. The van der Waals surface area contributed by atoms with E-state index in [-0.39, 0.29) is 31.2 Å². The van der Waals surface area contributed by atoms with Crippen molar-refractivity contribution in [3.05, 3.63) is 42.4 Å². The van der Waals surface area contributed by atoms with Crippen LogP contribution in [0.3, 0.4) is 0 Å². The Morgan fingerprint density at radius 3 is 2.43 bits per heavy atom. The molecule has 1 aliphatic heterocycles. The van der Waals surface area contributed by atoms with E-state index in [0.717, 1.165) is 5.56 Å². The molecule has 0 aliphatic carbocycles. The standard InChI is InChI=1S/C15H14N4O2/c16-11-8-17-12(9-19-13(20)6-7-14(19)21)18-15(11)10-4-2-1-3-5-10/h1-5,8H,6-7,9,16H2. The Morgan fingerprint density at radius 2 is 1.76 bits per heavy atom. The number of carbonyl (C=O) groups is 2. The van der Waals surface area contributed by atoms with Crippen molar-refractivity contribution in [1.82, 2.24) is 14.9 Å². The van der Waals surface area contributed by atoms with Crippen LogP contribution in [-0.4, -0.2) is 26.7 Å². The zero-order valence-electron chi connectivity index (χ0n) is 11.3. The van der Waals surface area contributed by atoms with E-state index in [2.05, 4.69) is 9.97 Å². The minimum absolute atomic E-state index is 0.0950. The summed E-state index contributed by atoms with van der Waals surface area (Å²) in [5.74, 6) is 0.0509. The van der Waals surface area contributed by atoms with Crippen LogP contribution in [-0.2, 0) is 16.1 Å². The molecule has 0 radical (unpaired) electrons. The topological polar surface area (TPSA) is 89.2 Å². The minimum atomic E-state index is -0.179. The number of imide groups is 1. The average Bonchev–Trinajstić information content (AvgIpc) is 2.82. The van der Waals surface area contributed by atoms with Crippen LogP contribution in [0.15, 0.2) is 36.5 Å². The number of amides is 2. The lowest BCUT2D eigenvalue weighted by atomic mass is 10.1. The number of anilines is 1. The molecule has 0 bridgehead atoms. The van der Waals surface area contributed by atoms with E-state index in [4.69, 9.17) is 5.73 Å². The van der Waals surface area contributed by atoms with Gasteiger partial charge in [0, 0.05) is 18.4 Å². The number of nitrogens with two attached hydrogens (primary N) is 1. The Hall–Kier alpha value is -2.76. The highest BCUT2D eigenvalue weighted by molar-refractivity contribution is 6.01. The smallest absolute Gasteiger partial charge is 0.230 e. The molecule has 2 heterocycles. The van der Waals surface area contributed by atoms with Crippen LogP contribution in [0.1, 0.15) is 18.7 Å². The summed E-state index contributed by atoms with van der Waals surface area (Å²) in [6.45, 7) is 0.0950. The van der Waals surface area contributed by atoms with Gasteiger partial charge in [0.25, 0.3) is 0 Å². The molecule has 6 nitrogen and oxygen atoms in total. The third kappa shape index (κ3) is 2.60. The maximum atomic E-state index is 11.6. The Balaban J connectivity index is 1.91. The van der Waals surface area contributed by atoms with Crippen LogP contribution < -0.4 is 5.73 Å². The van der Waals surface area contributed by atoms with E-state index in [1.54, 1.807) is 0 Å². The zero-order valence-corrected chi connectivity index (χ0v) is 11.3. The van der Waals surface area contributed by atoms with E-state index in [1.165, 1.54) is 11.1 Å². The molecule has 3 rings (SSSR count). The third-order valence-electron chi connectivity index (χ3n) is 3.37. The van der Waals surface area contributed by atoms with Crippen molar-refractivity contribution in [1.29, 1.82) is 0 Å². The van der Waals surface area contributed by atoms with Gasteiger partial charge in [0.2, 0.25) is 11.8 Å². The van der Waals surface area contributed by atoms with Gasteiger partial charge in [0.05, 0.1) is 24.1 Å². The summed E-state index contributed by atoms with van der Waals surface area (Å²) in [5.41, 5.74) is 7.86. The third-order valence-corrected chi connectivity index (χ3v) is 3.37. The fourth-order valence-electron chi connectivity index (χ4n) is 2.27. The van der Waals surface area contributed by atoms with E-state index in [9.17, 15) is 9.59 Å². The monoisotopic (exact) mass is 282 g/mol. The highest BCUT2D eigenvalue weighted by Crippen LogP contribution is 2.23. The van der Waals surface area contributed by atoms with Crippen LogP contribution >= 0.6 is 0 Å². The highest BCUT2D eigenvalue weighted by Gasteiger charge is 2.29. The summed E-state index contributed by atoms with van der Waals surface area (Å²) in [6, 6.07) is 9.49. The second kappa shape index (κ2) is 5.32. The van der Waals surface area contributed by atoms with Crippen LogP contribution in [0.25, 0.3) is 11.3 Å². The van der Waals surface area contributed by atoms with Gasteiger partial charge in [-0.1, -0.05) is 30.3 Å². The fraction of sp³-hybridized carbons (Fsp3) is 0.200. The van der Waals surface area contributed by atoms with Gasteiger partial charge in [0.1, 0.15) is 5.82 Å². The number of nitrogen functional groups attached to an aromatic ring is 1. The van der Waals surface area contributed by atoms with Gasteiger partial charge in [-0.2, -0.15) is 0 Å².